The van der Waals surface area contributed by atoms with Gasteiger partial charge in [-0.25, -0.2) is 4.79 Å². The zero-order valence-electron chi connectivity index (χ0n) is 7.45. The summed E-state index contributed by atoms with van der Waals surface area (Å²) in [5.74, 6) is -2.20. The Morgan fingerprint density at radius 2 is 1.71 bits per heavy atom. The maximum absolute atomic E-state index is 9.58. The molecule has 0 saturated carbocycles. The van der Waals surface area contributed by atoms with Crippen molar-refractivity contribution in [2.45, 2.75) is 19.1 Å². The number of aliphatic hydroxyl groups excluding tert-OH is 3. The minimum atomic E-state index is -1.46. The maximum atomic E-state index is 9.58. The summed E-state index contributed by atoms with van der Waals surface area (Å²) >= 11 is 0. The Bertz CT molecular complexity index is 188. The molecule has 4 N–H and O–H groups in total. The molecule has 0 saturated heterocycles. The van der Waals surface area contributed by atoms with Gasteiger partial charge in [0.05, 0.1) is 6.61 Å². The number of aliphatic hydroxyl groups is 3. The van der Waals surface area contributed by atoms with Crippen molar-refractivity contribution in [3.8, 4) is 0 Å². The Labute approximate surface area is 79.6 Å². The molecule has 0 aromatic heterocycles. The van der Waals surface area contributed by atoms with Gasteiger partial charge in [-0.3, -0.25) is 4.79 Å². The van der Waals surface area contributed by atoms with Crippen LogP contribution in [0.2, 0.25) is 0 Å². The van der Waals surface area contributed by atoms with E-state index in [1.807, 2.05) is 0 Å². The van der Waals surface area contributed by atoms with Gasteiger partial charge < -0.3 is 25.2 Å². The molecule has 0 unspecified atom stereocenters. The molecule has 7 nitrogen and oxygen atoms in total. The van der Waals surface area contributed by atoms with Crippen molar-refractivity contribution in [1.82, 2.24) is 0 Å². The maximum Gasteiger partial charge on any atom is 0.371 e. The van der Waals surface area contributed by atoms with Crippen LogP contribution in [0.15, 0.2) is 0 Å². The van der Waals surface area contributed by atoms with Crippen LogP contribution in [0.3, 0.4) is 0 Å². The third-order valence-corrected chi connectivity index (χ3v) is 1.02. The molecule has 0 amide bonds. The smallest absolute Gasteiger partial charge is 0.371 e. The van der Waals surface area contributed by atoms with E-state index in [0.29, 0.717) is 0 Å². The highest BCUT2D eigenvalue weighted by Gasteiger charge is 2.12. The second-order valence-corrected chi connectivity index (χ2v) is 2.24. The first kappa shape index (κ1) is 15.2. The van der Waals surface area contributed by atoms with E-state index in [1.54, 1.807) is 0 Å². The van der Waals surface area contributed by atoms with E-state index < -0.39 is 30.6 Å². The Balaban J connectivity index is 0. The molecule has 0 heterocycles. The molecule has 0 bridgehead atoms. The summed E-state index contributed by atoms with van der Waals surface area (Å²) < 4.78 is 0. The van der Waals surface area contributed by atoms with E-state index >= 15 is 0 Å². The lowest BCUT2D eigenvalue weighted by Gasteiger charge is -2.06. The molecule has 0 spiro atoms. The second kappa shape index (κ2) is 8.30. The summed E-state index contributed by atoms with van der Waals surface area (Å²) in [6.07, 6.45) is -2.63. The van der Waals surface area contributed by atoms with Crippen molar-refractivity contribution in [2.24, 2.45) is 0 Å². The fourth-order valence-corrected chi connectivity index (χ4v) is 0.199. The van der Waals surface area contributed by atoms with Crippen LogP contribution in [0.25, 0.3) is 0 Å². The average Bonchev–Trinajstić information content (AvgIpc) is 2.16. The SMILES string of the molecule is CC(=O)C(=O)O.O=C[C@H](O)[C@H](O)CO. The molecule has 2 atom stereocenters. The highest BCUT2D eigenvalue weighted by molar-refractivity contribution is 6.31. The van der Waals surface area contributed by atoms with Crippen molar-refractivity contribution in [1.29, 1.82) is 0 Å². The van der Waals surface area contributed by atoms with Crippen LogP contribution in [-0.4, -0.2) is 57.3 Å². The minimum Gasteiger partial charge on any atom is -0.476 e. The van der Waals surface area contributed by atoms with Gasteiger partial charge in [-0.05, 0) is 0 Å². The van der Waals surface area contributed by atoms with Crippen molar-refractivity contribution in [2.75, 3.05) is 6.61 Å². The normalized spacial score (nSPS) is 13.1. The first-order chi connectivity index (χ1) is 6.36. The third-order valence-electron chi connectivity index (χ3n) is 1.02. The van der Waals surface area contributed by atoms with Gasteiger partial charge in [-0.15, -0.1) is 0 Å². The molecule has 0 aliphatic carbocycles. The lowest BCUT2D eigenvalue weighted by molar-refractivity contribution is -0.148. The number of aldehydes is 1. The monoisotopic (exact) mass is 208 g/mol. The minimum absolute atomic E-state index is 0.168. The molecule has 0 rings (SSSR count). The summed E-state index contributed by atoms with van der Waals surface area (Å²) in [6, 6.07) is 0. The van der Waals surface area contributed by atoms with Gasteiger partial charge >= 0.3 is 5.97 Å². The van der Waals surface area contributed by atoms with Gasteiger partial charge in [0, 0.05) is 6.92 Å². The predicted molar refractivity (Wildman–Crippen MR) is 43.5 cm³/mol. The molecule has 0 aliphatic rings. The van der Waals surface area contributed by atoms with Gasteiger partial charge in [-0.2, -0.15) is 0 Å². The number of carbonyl (C=O) groups is 3. The lowest BCUT2D eigenvalue weighted by atomic mass is 10.2. The summed E-state index contributed by atoms with van der Waals surface area (Å²) in [7, 11) is 0. The lowest BCUT2D eigenvalue weighted by Crippen LogP contribution is -2.30. The Kier molecular flexibility index (Phi) is 8.99. The van der Waals surface area contributed by atoms with Crippen LogP contribution in [0.1, 0.15) is 6.92 Å². The molecular weight excluding hydrogens is 196 g/mol. The standard InChI is InChI=1S/C4H8O4.C3H4O3/c5-1-3(7)4(8)2-6;1-2(4)3(5)6/h1,3-4,6-8H,2H2;1H3,(H,5,6)/t3-,4+;/m0./s1. The number of hydrogen-bond acceptors (Lipinski definition) is 6. The largest absolute Gasteiger partial charge is 0.476 e. The summed E-state index contributed by atoms with van der Waals surface area (Å²) in [6.45, 7) is 0.405. The fraction of sp³-hybridized carbons (Fsp3) is 0.571. The molecule has 0 aromatic carbocycles. The van der Waals surface area contributed by atoms with Crippen LogP contribution >= 0.6 is 0 Å². The summed E-state index contributed by atoms with van der Waals surface area (Å²) in [5, 5.41) is 32.5. The number of rotatable bonds is 4. The van der Waals surface area contributed by atoms with Crippen molar-refractivity contribution in [3.05, 3.63) is 0 Å². The van der Waals surface area contributed by atoms with Crippen molar-refractivity contribution < 1.29 is 34.8 Å². The van der Waals surface area contributed by atoms with E-state index in [2.05, 4.69) is 0 Å². The van der Waals surface area contributed by atoms with Crippen LogP contribution < -0.4 is 0 Å². The van der Waals surface area contributed by atoms with Crippen molar-refractivity contribution >= 4 is 18.0 Å². The fourth-order valence-electron chi connectivity index (χ4n) is 0.199. The zero-order valence-corrected chi connectivity index (χ0v) is 7.45. The highest BCUT2D eigenvalue weighted by Crippen LogP contribution is 1.85. The zero-order chi connectivity index (χ0) is 11.7. The van der Waals surface area contributed by atoms with Gasteiger partial charge in [0.15, 0.2) is 6.29 Å². The van der Waals surface area contributed by atoms with Gasteiger partial charge in [0.2, 0.25) is 5.78 Å². The molecule has 7 heteroatoms. The number of hydrogen-bond donors (Lipinski definition) is 4. The van der Waals surface area contributed by atoms with E-state index in [9.17, 15) is 14.4 Å². The molecule has 0 fully saturated rings. The van der Waals surface area contributed by atoms with E-state index in [4.69, 9.17) is 20.4 Å². The van der Waals surface area contributed by atoms with Gasteiger partial charge in [-0.1, -0.05) is 0 Å². The number of carboxylic acids is 1. The quantitative estimate of drug-likeness (QED) is 0.298. The molecule has 82 valence electrons. The topological polar surface area (TPSA) is 132 Å². The van der Waals surface area contributed by atoms with Crippen LogP contribution in [-0.2, 0) is 14.4 Å². The molecule has 14 heavy (non-hydrogen) atoms. The predicted octanol–water partition coefficient (Wildman–Crippen LogP) is -2.44. The second-order valence-electron chi connectivity index (χ2n) is 2.24. The number of carbonyl (C=O) groups excluding carboxylic acids is 2. The molecule has 0 aromatic rings. The van der Waals surface area contributed by atoms with Crippen LogP contribution in [0.4, 0.5) is 0 Å². The number of carboxylic acid groups (broad SMARTS) is 1. The van der Waals surface area contributed by atoms with Gasteiger partial charge in [0.1, 0.15) is 12.2 Å². The Hall–Kier alpha value is -1.31. The van der Waals surface area contributed by atoms with E-state index in [-0.39, 0.29) is 6.29 Å². The van der Waals surface area contributed by atoms with Crippen molar-refractivity contribution in [3.63, 3.8) is 0 Å². The average molecular weight is 208 g/mol. The van der Waals surface area contributed by atoms with Gasteiger partial charge in [0.25, 0.3) is 0 Å². The number of ketones is 1. The summed E-state index contributed by atoms with van der Waals surface area (Å²) in [5.41, 5.74) is 0. The number of aliphatic carboxylic acids is 1. The van der Waals surface area contributed by atoms with Crippen LogP contribution in [0.5, 0.6) is 0 Å². The van der Waals surface area contributed by atoms with Crippen LogP contribution in [0, 0.1) is 0 Å². The molecule has 0 radical (unpaired) electrons. The molecule has 0 aliphatic heterocycles. The Morgan fingerprint density at radius 1 is 1.36 bits per heavy atom. The first-order valence-corrected chi connectivity index (χ1v) is 3.53. The number of Topliss-reactive ketones (excluding diaryl/α,β-unsaturated/α-hetero) is 1. The summed E-state index contributed by atoms with van der Waals surface area (Å²) in [4.78, 5) is 28.5. The molecular formula is C7H12O7. The first-order valence-electron chi connectivity index (χ1n) is 3.53. The van der Waals surface area contributed by atoms with E-state index in [0.717, 1.165) is 6.92 Å². The highest BCUT2D eigenvalue weighted by atomic mass is 16.4. The Morgan fingerprint density at radius 3 is 1.79 bits per heavy atom. The van der Waals surface area contributed by atoms with E-state index in [1.165, 1.54) is 0 Å². The third kappa shape index (κ3) is 8.78.